The highest BCUT2D eigenvalue weighted by atomic mass is 32.2. The Kier molecular flexibility index (Phi) is 6.58. The smallest absolute Gasteiger partial charge is 0.295 e. The van der Waals surface area contributed by atoms with Gasteiger partial charge >= 0.3 is 0 Å². The summed E-state index contributed by atoms with van der Waals surface area (Å²) in [6.45, 7) is 4.43. The lowest BCUT2D eigenvalue weighted by atomic mass is 10.1. The summed E-state index contributed by atoms with van der Waals surface area (Å²) in [5.74, 6) is 1.65. The van der Waals surface area contributed by atoms with Crippen molar-refractivity contribution in [2.45, 2.75) is 62.9 Å². The van der Waals surface area contributed by atoms with E-state index in [1.54, 1.807) is 24.1 Å². The van der Waals surface area contributed by atoms with Crippen LogP contribution in [0.3, 0.4) is 0 Å². The van der Waals surface area contributed by atoms with Gasteiger partial charge in [-0.25, -0.2) is 24.9 Å². The molecule has 0 aliphatic heterocycles. The van der Waals surface area contributed by atoms with Crippen LogP contribution < -0.4 is 15.6 Å². The van der Waals surface area contributed by atoms with Crippen molar-refractivity contribution < 1.29 is 4.55 Å². The van der Waals surface area contributed by atoms with E-state index in [0.717, 1.165) is 48.2 Å². The summed E-state index contributed by atoms with van der Waals surface area (Å²) in [5.41, 5.74) is 4.53. The van der Waals surface area contributed by atoms with Gasteiger partial charge in [0.25, 0.3) is 5.56 Å². The summed E-state index contributed by atoms with van der Waals surface area (Å²) < 4.78 is 16.4. The molecule has 2 aliphatic carbocycles. The second-order valence-corrected chi connectivity index (χ2v) is 11.5. The fourth-order valence-electron chi connectivity index (χ4n) is 4.87. The summed E-state index contributed by atoms with van der Waals surface area (Å²) >= 11 is -1.24. The Morgan fingerprint density at radius 1 is 1.11 bits per heavy atom. The van der Waals surface area contributed by atoms with Crippen LogP contribution in [0.1, 0.15) is 61.5 Å². The quantitative estimate of drug-likeness (QED) is 0.311. The Balaban J connectivity index is 1.38. The number of fused-ring (bicyclic) bond motifs is 1. The van der Waals surface area contributed by atoms with E-state index in [9.17, 15) is 9.35 Å². The van der Waals surface area contributed by atoms with Crippen molar-refractivity contribution in [3.63, 3.8) is 0 Å². The number of rotatable bonds is 9. The van der Waals surface area contributed by atoms with Crippen LogP contribution in [0.2, 0.25) is 0 Å². The Morgan fingerprint density at radius 3 is 2.55 bits per heavy atom. The summed E-state index contributed by atoms with van der Waals surface area (Å²) in [6, 6.07) is 7.39. The minimum Gasteiger partial charge on any atom is -0.593 e. The maximum atomic E-state index is 13.8. The molecule has 1 aromatic carbocycles. The molecule has 196 valence electrons. The number of aryl methyl sites for hydroxylation is 1. The van der Waals surface area contributed by atoms with Gasteiger partial charge in [-0.2, -0.15) is 0 Å². The molecule has 0 radical (unpaired) electrons. The lowest BCUT2D eigenvalue weighted by molar-refractivity contribution is 0.482. The van der Waals surface area contributed by atoms with Gasteiger partial charge in [-0.1, -0.05) is 12.1 Å². The van der Waals surface area contributed by atoms with Gasteiger partial charge in [-0.15, -0.1) is 4.72 Å². The summed E-state index contributed by atoms with van der Waals surface area (Å²) in [5, 5.41) is 3.21. The maximum Gasteiger partial charge on any atom is 0.295 e. The highest BCUT2D eigenvalue weighted by molar-refractivity contribution is 7.89. The SMILES string of the molecule is CN[S+]([O-])c1ccc(CNc2nc3cnc(-c4c(C)ncnc4C4CC4)nc3n([C@@H](C)C3CC3)c2=O)cc1. The van der Waals surface area contributed by atoms with Crippen LogP contribution in [-0.2, 0) is 17.9 Å². The molecule has 1 unspecified atom stereocenters. The molecule has 6 rings (SSSR count). The monoisotopic (exact) mass is 530 g/mol. The van der Waals surface area contributed by atoms with Crippen LogP contribution in [-0.4, -0.2) is 41.1 Å². The summed E-state index contributed by atoms with van der Waals surface area (Å²) in [7, 11) is 1.65. The molecule has 10 nitrogen and oxygen atoms in total. The van der Waals surface area contributed by atoms with Gasteiger partial charge in [-0.3, -0.25) is 9.36 Å². The van der Waals surface area contributed by atoms with Gasteiger partial charge < -0.3 is 9.87 Å². The minimum absolute atomic E-state index is 0.0110. The minimum atomic E-state index is -1.24. The fraction of sp³-hybridized carbons (Fsp3) is 0.407. The number of nitrogens with zero attached hydrogens (tertiary/aromatic N) is 6. The van der Waals surface area contributed by atoms with Crippen LogP contribution in [0.15, 0.2) is 46.5 Å². The van der Waals surface area contributed by atoms with Crippen LogP contribution >= 0.6 is 0 Å². The number of aromatic nitrogens is 6. The van der Waals surface area contributed by atoms with Gasteiger partial charge in [0.05, 0.1) is 34.5 Å². The van der Waals surface area contributed by atoms with Crippen molar-refractivity contribution in [2.24, 2.45) is 5.92 Å². The lowest BCUT2D eigenvalue weighted by Gasteiger charge is -2.19. The molecule has 0 saturated heterocycles. The normalized spacial score (nSPS) is 16.9. The molecular weight excluding hydrogens is 500 g/mol. The average molecular weight is 531 g/mol. The molecule has 2 fully saturated rings. The first-order valence-corrected chi connectivity index (χ1v) is 14.1. The molecule has 2 aliphatic rings. The Morgan fingerprint density at radius 2 is 1.87 bits per heavy atom. The second kappa shape index (κ2) is 10.0. The van der Waals surface area contributed by atoms with Crippen LogP contribution in [0.25, 0.3) is 22.6 Å². The third-order valence-electron chi connectivity index (χ3n) is 7.38. The first-order valence-electron chi connectivity index (χ1n) is 13.0. The average Bonchev–Trinajstić information content (AvgIpc) is 3.84. The molecule has 2 saturated carbocycles. The standard InChI is InChI=1S/C27H30N8O2S/c1-15-22(23(19-8-9-19)32-14-31-15)24-30-13-21-26(34-24)35(16(2)18-6-7-18)27(36)25(33-21)29-12-17-4-10-20(11-5-17)38(37)28-3/h4-5,10-11,13-14,16,18-19,28H,6-9,12H2,1-3H3,(H,29,33)/t16-,38?/m0/s1. The van der Waals surface area contributed by atoms with E-state index in [0.29, 0.717) is 40.3 Å². The van der Waals surface area contributed by atoms with E-state index in [4.69, 9.17) is 4.98 Å². The van der Waals surface area contributed by atoms with Crippen molar-refractivity contribution in [2.75, 3.05) is 12.4 Å². The molecule has 0 spiro atoms. The Hall–Kier alpha value is -3.41. The van der Waals surface area contributed by atoms with Crippen LogP contribution in [0.5, 0.6) is 0 Å². The number of nitrogens with one attached hydrogen (secondary N) is 2. The third-order valence-corrected chi connectivity index (χ3v) is 8.45. The number of hydrogen-bond donors (Lipinski definition) is 2. The van der Waals surface area contributed by atoms with Gasteiger partial charge in [0.1, 0.15) is 11.8 Å². The van der Waals surface area contributed by atoms with Crippen molar-refractivity contribution in [1.82, 2.24) is 34.2 Å². The number of hydrogen-bond acceptors (Lipinski definition) is 9. The zero-order valence-corrected chi connectivity index (χ0v) is 22.5. The van der Waals surface area contributed by atoms with Gasteiger partial charge in [0, 0.05) is 25.6 Å². The topological polar surface area (TPSA) is 134 Å². The molecule has 2 N–H and O–H groups in total. The highest BCUT2D eigenvalue weighted by Crippen LogP contribution is 2.43. The maximum absolute atomic E-state index is 13.8. The third kappa shape index (κ3) is 4.77. The molecule has 3 aromatic heterocycles. The van der Waals surface area contributed by atoms with Crippen molar-refractivity contribution in [3.8, 4) is 11.4 Å². The van der Waals surface area contributed by atoms with E-state index >= 15 is 0 Å². The van der Waals surface area contributed by atoms with E-state index in [-0.39, 0.29) is 17.4 Å². The van der Waals surface area contributed by atoms with Gasteiger partial charge in [-0.05, 0) is 63.1 Å². The molecular formula is C27H30N8O2S. The van der Waals surface area contributed by atoms with E-state index in [1.165, 1.54) is 0 Å². The van der Waals surface area contributed by atoms with E-state index in [2.05, 4.69) is 36.9 Å². The number of benzene rings is 1. The molecule has 4 aromatic rings. The summed E-state index contributed by atoms with van der Waals surface area (Å²) in [4.78, 5) is 37.6. The molecule has 3 heterocycles. The van der Waals surface area contributed by atoms with Crippen molar-refractivity contribution >= 4 is 28.3 Å². The second-order valence-electron chi connectivity index (χ2n) is 10.1. The van der Waals surface area contributed by atoms with Crippen molar-refractivity contribution in [1.29, 1.82) is 0 Å². The predicted molar refractivity (Wildman–Crippen MR) is 146 cm³/mol. The van der Waals surface area contributed by atoms with Crippen molar-refractivity contribution in [3.05, 3.63) is 64.1 Å². The zero-order chi connectivity index (χ0) is 26.4. The predicted octanol–water partition coefficient (Wildman–Crippen LogP) is 3.65. The largest absolute Gasteiger partial charge is 0.593 e. The van der Waals surface area contributed by atoms with Gasteiger partial charge in [0.2, 0.25) is 0 Å². The molecule has 0 amide bonds. The fourth-order valence-corrected chi connectivity index (χ4v) is 5.49. The Bertz CT molecular complexity index is 1550. The molecule has 2 atom stereocenters. The first-order chi connectivity index (χ1) is 18.4. The molecule has 11 heteroatoms. The zero-order valence-electron chi connectivity index (χ0n) is 21.6. The Labute approximate surface area is 223 Å². The highest BCUT2D eigenvalue weighted by Gasteiger charge is 2.33. The lowest BCUT2D eigenvalue weighted by Crippen LogP contribution is -2.29. The molecule has 38 heavy (non-hydrogen) atoms. The van der Waals surface area contributed by atoms with Gasteiger partial charge in [0.15, 0.2) is 22.2 Å². The van der Waals surface area contributed by atoms with Crippen LogP contribution in [0.4, 0.5) is 5.82 Å². The first kappa shape index (κ1) is 24.9. The summed E-state index contributed by atoms with van der Waals surface area (Å²) in [6.07, 6.45) is 7.70. The van der Waals surface area contributed by atoms with E-state index < -0.39 is 11.4 Å². The van der Waals surface area contributed by atoms with E-state index in [1.807, 2.05) is 31.2 Å². The molecule has 0 bridgehead atoms. The number of anilines is 1. The van der Waals surface area contributed by atoms with Crippen LogP contribution in [0, 0.1) is 12.8 Å².